The Bertz CT molecular complexity index is 270. The summed E-state index contributed by atoms with van der Waals surface area (Å²) in [5, 5.41) is 0. The van der Waals surface area contributed by atoms with Gasteiger partial charge in [0.15, 0.2) is 0 Å². The SMILES string of the molecule is COc1n[c]([Na])nc(OC)c1S. The van der Waals surface area contributed by atoms with Crippen molar-refractivity contribution in [2.45, 2.75) is 4.90 Å². The van der Waals surface area contributed by atoms with Crippen molar-refractivity contribution in [2.75, 3.05) is 14.2 Å². The number of thiol groups is 1. The molecule has 1 aromatic rings. The second-order valence-electron chi connectivity index (χ2n) is 2.14. The van der Waals surface area contributed by atoms with Gasteiger partial charge in [-0.05, 0) is 0 Å². The summed E-state index contributed by atoms with van der Waals surface area (Å²) in [7, 11) is 3.09. The molecule has 0 N–H and O–H groups in total. The Kier molecular flexibility index (Phi) is 3.64. The Balaban J connectivity index is 3.22. The second kappa shape index (κ2) is 4.32. The zero-order valence-electron chi connectivity index (χ0n) is 7.16. The van der Waals surface area contributed by atoms with Crippen LogP contribution >= 0.6 is 12.6 Å². The summed E-state index contributed by atoms with van der Waals surface area (Å²) in [6.45, 7) is 0. The third-order valence-electron chi connectivity index (χ3n) is 1.32. The average Bonchev–Trinajstić information content (AvgIpc) is 2.08. The summed E-state index contributed by atoms with van der Waals surface area (Å²) in [6, 6.07) is 0. The van der Waals surface area contributed by atoms with E-state index in [9.17, 15) is 0 Å². The van der Waals surface area contributed by atoms with Crippen LogP contribution in [0, 0.1) is 0 Å². The van der Waals surface area contributed by atoms with E-state index in [0.29, 0.717) is 16.7 Å². The number of hydrogen-bond acceptors (Lipinski definition) is 5. The minimum absolute atomic E-state index is 0.468. The zero-order chi connectivity index (χ0) is 9.14. The molecule has 1 rings (SSSR count). The van der Waals surface area contributed by atoms with Gasteiger partial charge in [0.2, 0.25) is 0 Å². The van der Waals surface area contributed by atoms with E-state index in [2.05, 4.69) is 22.6 Å². The predicted octanol–water partition coefficient (Wildman–Crippen LogP) is -0.424. The zero-order valence-corrected chi connectivity index (χ0v) is 10.1. The molecule has 0 aliphatic rings. The van der Waals surface area contributed by atoms with Crippen molar-refractivity contribution in [3.63, 3.8) is 0 Å². The maximum absolute atomic E-state index is 4.98. The van der Waals surface area contributed by atoms with Crippen molar-refractivity contribution >= 4 is 43.6 Å². The fraction of sp³-hybridized carbons (Fsp3) is 0.333. The van der Waals surface area contributed by atoms with Gasteiger partial charge in [0.25, 0.3) is 0 Å². The van der Waals surface area contributed by atoms with Gasteiger partial charge in [-0.15, -0.1) is 0 Å². The molecule has 60 valence electrons. The van der Waals surface area contributed by atoms with Gasteiger partial charge in [-0.1, -0.05) is 0 Å². The van der Waals surface area contributed by atoms with Gasteiger partial charge >= 0.3 is 93.9 Å². The van der Waals surface area contributed by atoms with Crippen LogP contribution in [0.2, 0.25) is 0 Å². The molecule has 0 aromatic carbocycles. The van der Waals surface area contributed by atoms with Gasteiger partial charge in [0.05, 0.1) is 0 Å². The van der Waals surface area contributed by atoms with E-state index in [1.165, 1.54) is 0 Å². The van der Waals surface area contributed by atoms with Gasteiger partial charge in [-0.2, -0.15) is 0 Å². The van der Waals surface area contributed by atoms with Gasteiger partial charge in [-0.3, -0.25) is 0 Å². The molecule has 1 aromatic heterocycles. The fourth-order valence-electron chi connectivity index (χ4n) is 0.801. The van der Waals surface area contributed by atoms with Crippen LogP contribution in [0.15, 0.2) is 4.90 Å². The number of nitrogens with zero attached hydrogens (tertiary/aromatic N) is 2. The summed E-state index contributed by atoms with van der Waals surface area (Å²) < 4.78 is 10.7. The Morgan fingerprint density at radius 3 is 1.92 bits per heavy atom. The number of rotatable bonds is 2. The van der Waals surface area contributed by atoms with Gasteiger partial charge in [-0.25, -0.2) is 0 Å². The maximum atomic E-state index is 4.98. The quantitative estimate of drug-likeness (QED) is 0.513. The molecule has 0 fully saturated rings. The molecule has 4 nitrogen and oxygen atoms in total. The summed E-state index contributed by atoms with van der Waals surface area (Å²) in [5.41, 5.74) is 0. The van der Waals surface area contributed by atoms with Crippen molar-refractivity contribution in [2.24, 2.45) is 0 Å². The Hall–Kier alpha value is 0.0300. The molecular formula is C6H7N2NaO2S. The first-order chi connectivity index (χ1) is 5.69. The van der Waals surface area contributed by atoms with Crippen LogP contribution in [0.1, 0.15) is 0 Å². The van der Waals surface area contributed by atoms with Crippen molar-refractivity contribution in [3.8, 4) is 11.8 Å². The molecule has 6 heteroatoms. The summed E-state index contributed by atoms with van der Waals surface area (Å²) in [5.74, 6) is 0.936. The van der Waals surface area contributed by atoms with Crippen LogP contribution in [0.3, 0.4) is 0 Å². The van der Waals surface area contributed by atoms with Gasteiger partial charge < -0.3 is 0 Å². The minimum atomic E-state index is 0.468. The van der Waals surface area contributed by atoms with E-state index in [-0.39, 0.29) is 0 Å². The van der Waals surface area contributed by atoms with Crippen LogP contribution in [0.5, 0.6) is 11.8 Å². The standard InChI is InChI=1S/C6H7N2O2S.Na/c1-9-5-4(11)6(10-2)8-3-7-5;/h11H,1-2H3;. The summed E-state index contributed by atoms with van der Waals surface area (Å²) in [4.78, 5) is 8.68. The van der Waals surface area contributed by atoms with E-state index >= 15 is 0 Å². The van der Waals surface area contributed by atoms with Crippen molar-refractivity contribution in [3.05, 3.63) is 0 Å². The molecule has 0 spiro atoms. The number of methoxy groups -OCH3 is 2. The molecule has 12 heavy (non-hydrogen) atoms. The third kappa shape index (κ3) is 2.04. The molecule has 0 amide bonds. The third-order valence-corrected chi connectivity index (χ3v) is 2.15. The van der Waals surface area contributed by atoms with Crippen LogP contribution in [-0.4, -0.2) is 52.1 Å². The van der Waals surface area contributed by atoms with Crippen LogP contribution < -0.4 is 12.5 Å². The predicted molar refractivity (Wildman–Crippen MR) is 47.8 cm³/mol. The molecule has 0 atom stereocenters. The Labute approximate surface area is 93.5 Å². The first-order valence-corrected chi connectivity index (χ1v) is 4.79. The molecule has 0 unspecified atom stereocenters. The number of hydrogen-bond donors (Lipinski definition) is 1. The van der Waals surface area contributed by atoms with Gasteiger partial charge in [0.1, 0.15) is 0 Å². The van der Waals surface area contributed by atoms with E-state index in [1.54, 1.807) is 14.2 Å². The topological polar surface area (TPSA) is 44.2 Å². The molecule has 0 aliphatic heterocycles. The summed E-state index contributed by atoms with van der Waals surface area (Å²) in [6.07, 6.45) is 0. The number of aromatic nitrogens is 2. The normalized spacial score (nSPS) is 9.75. The van der Waals surface area contributed by atoms with Crippen LogP contribution in [0.25, 0.3) is 0 Å². The van der Waals surface area contributed by atoms with Crippen molar-refractivity contribution < 1.29 is 9.47 Å². The van der Waals surface area contributed by atoms with Crippen LogP contribution in [-0.2, 0) is 0 Å². The van der Waals surface area contributed by atoms with E-state index in [1.807, 2.05) is 0 Å². The molecule has 0 aliphatic carbocycles. The van der Waals surface area contributed by atoms with E-state index in [0.717, 1.165) is 31.0 Å². The monoisotopic (exact) mass is 194 g/mol. The van der Waals surface area contributed by atoms with Crippen molar-refractivity contribution in [1.82, 2.24) is 9.97 Å². The average molecular weight is 194 g/mol. The summed E-state index contributed by atoms with van der Waals surface area (Å²) >= 11 is 4.92. The fourth-order valence-corrected chi connectivity index (χ4v) is 1.49. The molecule has 0 saturated heterocycles. The van der Waals surface area contributed by atoms with E-state index in [4.69, 9.17) is 9.47 Å². The Morgan fingerprint density at radius 1 is 1.17 bits per heavy atom. The number of ether oxygens (including phenoxy) is 2. The van der Waals surface area contributed by atoms with E-state index < -0.39 is 0 Å². The second-order valence-corrected chi connectivity index (χ2v) is 3.48. The molecule has 0 saturated carbocycles. The molecular weight excluding hydrogens is 187 g/mol. The first-order valence-electron chi connectivity index (χ1n) is 3.34. The van der Waals surface area contributed by atoms with Crippen LogP contribution in [0.4, 0.5) is 0 Å². The molecule has 1 heterocycles. The van der Waals surface area contributed by atoms with Gasteiger partial charge in [0, 0.05) is 0 Å². The van der Waals surface area contributed by atoms with Crippen molar-refractivity contribution in [1.29, 1.82) is 0 Å². The molecule has 0 bridgehead atoms. The molecule has 0 radical (unpaired) electrons. The Morgan fingerprint density at radius 2 is 1.58 bits per heavy atom. The first kappa shape index (κ1) is 10.1.